The third-order valence-electron chi connectivity index (χ3n) is 3.70. The van der Waals surface area contributed by atoms with Gasteiger partial charge >= 0.3 is 0 Å². The summed E-state index contributed by atoms with van der Waals surface area (Å²) < 4.78 is 11.3. The second-order valence-electron chi connectivity index (χ2n) is 5.26. The molecule has 1 unspecified atom stereocenters. The SMILES string of the molecule is CCNC(c1ccc2c(c1)OCCO2)c1cc(C)sc1C. The van der Waals surface area contributed by atoms with Crippen LogP contribution >= 0.6 is 11.3 Å². The van der Waals surface area contributed by atoms with Crippen molar-refractivity contribution < 1.29 is 9.47 Å². The van der Waals surface area contributed by atoms with E-state index >= 15 is 0 Å². The summed E-state index contributed by atoms with van der Waals surface area (Å²) >= 11 is 1.85. The molecule has 0 amide bonds. The molecule has 0 bridgehead atoms. The molecule has 2 heterocycles. The Morgan fingerprint density at radius 2 is 1.90 bits per heavy atom. The monoisotopic (exact) mass is 303 g/mol. The molecule has 3 rings (SSSR count). The lowest BCUT2D eigenvalue weighted by atomic mass is 9.98. The van der Waals surface area contributed by atoms with Gasteiger partial charge in [-0.15, -0.1) is 11.3 Å². The number of thiophene rings is 1. The van der Waals surface area contributed by atoms with Gasteiger partial charge in [0.2, 0.25) is 0 Å². The third kappa shape index (κ3) is 2.92. The summed E-state index contributed by atoms with van der Waals surface area (Å²) in [6.07, 6.45) is 0. The molecule has 0 radical (unpaired) electrons. The Hall–Kier alpha value is -1.52. The second kappa shape index (κ2) is 6.08. The summed E-state index contributed by atoms with van der Waals surface area (Å²) in [5.74, 6) is 1.70. The first-order chi connectivity index (χ1) is 10.2. The molecule has 1 aliphatic rings. The largest absolute Gasteiger partial charge is 0.486 e. The summed E-state index contributed by atoms with van der Waals surface area (Å²) in [4.78, 5) is 2.72. The molecule has 1 aromatic carbocycles. The van der Waals surface area contributed by atoms with Crippen molar-refractivity contribution in [3.05, 3.63) is 45.1 Å². The number of benzene rings is 1. The summed E-state index contributed by atoms with van der Waals surface area (Å²) in [5, 5.41) is 3.59. The highest BCUT2D eigenvalue weighted by Gasteiger charge is 2.20. The Morgan fingerprint density at radius 3 is 2.57 bits per heavy atom. The number of hydrogen-bond donors (Lipinski definition) is 1. The van der Waals surface area contributed by atoms with Crippen molar-refractivity contribution in [2.75, 3.05) is 19.8 Å². The minimum atomic E-state index is 0.204. The van der Waals surface area contributed by atoms with Gasteiger partial charge in [0, 0.05) is 9.75 Å². The van der Waals surface area contributed by atoms with E-state index in [0.29, 0.717) is 13.2 Å². The van der Waals surface area contributed by atoms with Gasteiger partial charge in [0.05, 0.1) is 6.04 Å². The second-order valence-corrected chi connectivity index (χ2v) is 6.72. The minimum absolute atomic E-state index is 0.204. The van der Waals surface area contributed by atoms with Crippen LogP contribution in [0.4, 0.5) is 0 Å². The molecule has 0 saturated carbocycles. The van der Waals surface area contributed by atoms with Crippen molar-refractivity contribution >= 4 is 11.3 Å². The van der Waals surface area contributed by atoms with Gasteiger partial charge in [0.25, 0.3) is 0 Å². The first-order valence-electron chi connectivity index (χ1n) is 7.39. The van der Waals surface area contributed by atoms with Crippen LogP contribution in [-0.2, 0) is 0 Å². The van der Waals surface area contributed by atoms with E-state index in [1.165, 1.54) is 20.9 Å². The average molecular weight is 303 g/mol. The number of hydrogen-bond acceptors (Lipinski definition) is 4. The molecule has 1 aliphatic heterocycles. The van der Waals surface area contributed by atoms with Crippen molar-refractivity contribution in [2.45, 2.75) is 26.8 Å². The molecule has 112 valence electrons. The fourth-order valence-corrected chi connectivity index (χ4v) is 3.75. The zero-order valence-electron chi connectivity index (χ0n) is 12.7. The number of fused-ring (bicyclic) bond motifs is 1. The molecule has 0 fully saturated rings. The summed E-state index contributed by atoms with van der Waals surface area (Å²) in [6, 6.07) is 8.74. The van der Waals surface area contributed by atoms with E-state index < -0.39 is 0 Å². The Morgan fingerprint density at radius 1 is 1.14 bits per heavy atom. The van der Waals surface area contributed by atoms with Gasteiger partial charge < -0.3 is 14.8 Å². The van der Waals surface area contributed by atoms with Crippen molar-refractivity contribution in [1.82, 2.24) is 5.32 Å². The first-order valence-corrected chi connectivity index (χ1v) is 8.20. The first kappa shape index (κ1) is 14.4. The Balaban J connectivity index is 1.99. The fourth-order valence-electron chi connectivity index (χ4n) is 2.79. The van der Waals surface area contributed by atoms with Gasteiger partial charge in [-0.25, -0.2) is 0 Å². The maximum atomic E-state index is 5.71. The van der Waals surface area contributed by atoms with Crippen LogP contribution in [0.15, 0.2) is 24.3 Å². The fraction of sp³-hybridized carbons (Fsp3) is 0.412. The molecule has 21 heavy (non-hydrogen) atoms. The predicted octanol–water partition coefficient (Wildman–Crippen LogP) is 3.84. The summed E-state index contributed by atoms with van der Waals surface area (Å²) in [7, 11) is 0. The molecular formula is C17H21NO2S. The Kier molecular flexibility index (Phi) is 4.17. The molecule has 4 heteroatoms. The summed E-state index contributed by atoms with van der Waals surface area (Å²) in [6.45, 7) is 8.67. The van der Waals surface area contributed by atoms with E-state index in [1.807, 2.05) is 17.4 Å². The molecule has 0 saturated heterocycles. The van der Waals surface area contributed by atoms with Crippen LogP contribution in [0.2, 0.25) is 0 Å². The van der Waals surface area contributed by atoms with E-state index in [9.17, 15) is 0 Å². The molecule has 0 spiro atoms. The molecule has 1 atom stereocenters. The minimum Gasteiger partial charge on any atom is -0.486 e. The summed E-state index contributed by atoms with van der Waals surface area (Å²) in [5.41, 5.74) is 2.58. The van der Waals surface area contributed by atoms with Gasteiger partial charge in [-0.1, -0.05) is 13.0 Å². The lowest BCUT2D eigenvalue weighted by Crippen LogP contribution is -2.23. The van der Waals surface area contributed by atoms with E-state index in [4.69, 9.17) is 9.47 Å². The van der Waals surface area contributed by atoms with Crippen LogP contribution in [0.1, 0.15) is 33.8 Å². The van der Waals surface area contributed by atoms with Crippen LogP contribution in [0.25, 0.3) is 0 Å². The van der Waals surface area contributed by atoms with Gasteiger partial charge in [-0.3, -0.25) is 0 Å². The van der Waals surface area contributed by atoms with E-state index in [2.05, 4.69) is 44.3 Å². The molecule has 1 N–H and O–H groups in total. The van der Waals surface area contributed by atoms with Crippen LogP contribution in [-0.4, -0.2) is 19.8 Å². The van der Waals surface area contributed by atoms with Gasteiger partial charge in [-0.2, -0.15) is 0 Å². The zero-order chi connectivity index (χ0) is 14.8. The van der Waals surface area contributed by atoms with Gasteiger partial charge in [0.15, 0.2) is 11.5 Å². The van der Waals surface area contributed by atoms with Crippen molar-refractivity contribution in [2.24, 2.45) is 0 Å². The quantitative estimate of drug-likeness (QED) is 0.931. The molecule has 2 aromatic rings. The highest BCUT2D eigenvalue weighted by Crippen LogP contribution is 2.36. The average Bonchev–Trinajstić information content (AvgIpc) is 2.83. The maximum absolute atomic E-state index is 5.71. The van der Waals surface area contributed by atoms with Crippen LogP contribution < -0.4 is 14.8 Å². The highest BCUT2D eigenvalue weighted by atomic mass is 32.1. The number of ether oxygens (including phenoxy) is 2. The molecule has 3 nitrogen and oxygen atoms in total. The number of rotatable bonds is 4. The van der Waals surface area contributed by atoms with Gasteiger partial charge in [-0.05, 0) is 49.7 Å². The van der Waals surface area contributed by atoms with Crippen molar-refractivity contribution in [3.8, 4) is 11.5 Å². The van der Waals surface area contributed by atoms with E-state index in [0.717, 1.165) is 18.0 Å². The lowest BCUT2D eigenvalue weighted by Gasteiger charge is -2.23. The number of aryl methyl sites for hydroxylation is 2. The molecule has 0 aliphatic carbocycles. The maximum Gasteiger partial charge on any atom is 0.161 e. The van der Waals surface area contributed by atoms with E-state index in [-0.39, 0.29) is 6.04 Å². The normalized spacial score (nSPS) is 15.0. The predicted molar refractivity (Wildman–Crippen MR) is 86.7 cm³/mol. The van der Waals surface area contributed by atoms with Crippen LogP contribution in [0.5, 0.6) is 11.5 Å². The van der Waals surface area contributed by atoms with Crippen LogP contribution in [0.3, 0.4) is 0 Å². The van der Waals surface area contributed by atoms with Crippen molar-refractivity contribution in [3.63, 3.8) is 0 Å². The smallest absolute Gasteiger partial charge is 0.161 e. The third-order valence-corrected chi connectivity index (χ3v) is 4.68. The number of nitrogens with one attached hydrogen (secondary N) is 1. The molecular weight excluding hydrogens is 282 g/mol. The zero-order valence-corrected chi connectivity index (χ0v) is 13.5. The standard InChI is InChI=1S/C17H21NO2S/c1-4-18-17(14-9-11(2)21-12(14)3)13-5-6-15-16(10-13)20-8-7-19-15/h5-6,9-10,17-18H,4,7-8H2,1-3H3. The van der Waals surface area contributed by atoms with Crippen molar-refractivity contribution in [1.29, 1.82) is 0 Å². The Labute approximate surface area is 129 Å². The topological polar surface area (TPSA) is 30.5 Å². The lowest BCUT2D eigenvalue weighted by molar-refractivity contribution is 0.171. The van der Waals surface area contributed by atoms with E-state index in [1.54, 1.807) is 0 Å². The van der Waals surface area contributed by atoms with Gasteiger partial charge in [0.1, 0.15) is 13.2 Å². The van der Waals surface area contributed by atoms with Crippen LogP contribution in [0, 0.1) is 13.8 Å². The Bertz CT molecular complexity index is 636. The molecule has 1 aromatic heterocycles. The highest BCUT2D eigenvalue weighted by molar-refractivity contribution is 7.12.